The molecule has 1 N–H and O–H groups in total. The van der Waals surface area contributed by atoms with Crippen molar-refractivity contribution in [2.24, 2.45) is 5.11 Å². The molecule has 0 saturated carbocycles. The van der Waals surface area contributed by atoms with Gasteiger partial charge in [0.15, 0.2) is 0 Å². The van der Waals surface area contributed by atoms with Crippen molar-refractivity contribution < 1.29 is 4.79 Å². The topological polar surface area (TPSA) is 104 Å². The minimum Gasteiger partial charge on any atom is -0.352 e. The van der Waals surface area contributed by atoms with E-state index in [1.807, 2.05) is 0 Å². The minimum absolute atomic E-state index is 0.173. The van der Waals surface area contributed by atoms with Crippen LogP contribution in [0.1, 0.15) is 16.8 Å². The third kappa shape index (κ3) is 3.40. The Kier molecular flexibility index (Phi) is 4.25. The van der Waals surface area contributed by atoms with Crippen molar-refractivity contribution in [2.75, 3.05) is 13.1 Å². The van der Waals surface area contributed by atoms with Crippen LogP contribution in [-0.4, -0.2) is 29.0 Å². The first-order chi connectivity index (χ1) is 9.31. The summed E-state index contributed by atoms with van der Waals surface area (Å²) in [6.45, 7) is 0.844. The summed E-state index contributed by atoms with van der Waals surface area (Å²) < 4.78 is 0. The van der Waals surface area contributed by atoms with E-state index in [1.165, 1.54) is 0 Å². The largest absolute Gasteiger partial charge is 0.352 e. The van der Waals surface area contributed by atoms with Gasteiger partial charge in [0.1, 0.15) is 0 Å². The van der Waals surface area contributed by atoms with Gasteiger partial charge in [-0.1, -0.05) is 5.11 Å². The smallest absolute Gasteiger partial charge is 0.251 e. The second-order valence-electron chi connectivity index (χ2n) is 3.82. The van der Waals surface area contributed by atoms with E-state index in [1.54, 1.807) is 30.6 Å². The number of carbonyl (C=O) groups is 1. The number of azide groups is 1. The first-order valence-corrected chi connectivity index (χ1v) is 5.81. The molecular weight excluding hydrogens is 244 g/mol. The van der Waals surface area contributed by atoms with Crippen LogP contribution in [0.4, 0.5) is 0 Å². The third-order valence-electron chi connectivity index (χ3n) is 2.52. The first-order valence-electron chi connectivity index (χ1n) is 5.81. The quantitative estimate of drug-likeness (QED) is 0.383. The number of nitrogens with one attached hydrogen (secondary N) is 1. The second kappa shape index (κ2) is 6.32. The summed E-state index contributed by atoms with van der Waals surface area (Å²) in [5, 5.41) is 6.15. The molecule has 0 atom stereocenters. The molecule has 1 heterocycles. The van der Waals surface area contributed by atoms with E-state index >= 15 is 0 Å². The maximum atomic E-state index is 11.9. The first kappa shape index (κ1) is 12.8. The van der Waals surface area contributed by atoms with Gasteiger partial charge in [-0.2, -0.15) is 0 Å². The van der Waals surface area contributed by atoms with E-state index in [0.717, 1.165) is 5.52 Å². The van der Waals surface area contributed by atoms with Crippen LogP contribution in [0.15, 0.2) is 35.7 Å². The molecule has 1 aromatic heterocycles. The number of carbonyl (C=O) groups excluding carboxylic acids is 1. The van der Waals surface area contributed by atoms with E-state index in [0.29, 0.717) is 30.6 Å². The van der Waals surface area contributed by atoms with Crippen LogP contribution in [0, 0.1) is 0 Å². The Morgan fingerprint density at radius 1 is 1.32 bits per heavy atom. The Morgan fingerprint density at radius 3 is 2.89 bits per heavy atom. The van der Waals surface area contributed by atoms with Gasteiger partial charge < -0.3 is 5.32 Å². The van der Waals surface area contributed by atoms with Gasteiger partial charge in [-0.3, -0.25) is 14.8 Å². The molecule has 19 heavy (non-hydrogen) atoms. The number of aromatic nitrogens is 2. The zero-order valence-corrected chi connectivity index (χ0v) is 10.2. The monoisotopic (exact) mass is 256 g/mol. The average molecular weight is 256 g/mol. The molecule has 0 radical (unpaired) electrons. The van der Waals surface area contributed by atoms with Crippen molar-refractivity contribution >= 4 is 16.9 Å². The molecule has 1 aromatic carbocycles. The molecule has 1 amide bonds. The number of hydrogen-bond donors (Lipinski definition) is 1. The zero-order chi connectivity index (χ0) is 13.5. The Morgan fingerprint density at radius 2 is 2.11 bits per heavy atom. The van der Waals surface area contributed by atoms with Crippen molar-refractivity contribution in [1.82, 2.24) is 15.3 Å². The van der Waals surface area contributed by atoms with Crippen LogP contribution >= 0.6 is 0 Å². The Labute approximate surface area is 109 Å². The summed E-state index contributed by atoms with van der Waals surface area (Å²) in [6, 6.07) is 5.17. The molecule has 0 aliphatic rings. The number of hydrogen-bond acceptors (Lipinski definition) is 4. The van der Waals surface area contributed by atoms with Crippen molar-refractivity contribution in [2.45, 2.75) is 6.42 Å². The molecule has 0 fully saturated rings. The van der Waals surface area contributed by atoms with Gasteiger partial charge in [0.25, 0.3) is 5.91 Å². The highest BCUT2D eigenvalue weighted by Crippen LogP contribution is 2.10. The fourth-order valence-electron chi connectivity index (χ4n) is 1.60. The van der Waals surface area contributed by atoms with Gasteiger partial charge >= 0.3 is 0 Å². The summed E-state index contributed by atoms with van der Waals surface area (Å²) in [5.74, 6) is -0.173. The van der Waals surface area contributed by atoms with Gasteiger partial charge in [-0.25, -0.2) is 0 Å². The highest BCUT2D eigenvalue weighted by atomic mass is 16.1. The van der Waals surface area contributed by atoms with Crippen LogP contribution in [0.5, 0.6) is 0 Å². The predicted molar refractivity (Wildman–Crippen MR) is 70.5 cm³/mol. The van der Waals surface area contributed by atoms with Crippen molar-refractivity contribution in [3.8, 4) is 0 Å². The summed E-state index contributed by atoms with van der Waals surface area (Å²) in [5.41, 5.74) is 10.1. The van der Waals surface area contributed by atoms with Crippen molar-refractivity contribution in [3.63, 3.8) is 0 Å². The molecule has 0 bridgehead atoms. The van der Waals surface area contributed by atoms with Crippen LogP contribution < -0.4 is 5.32 Å². The number of fused-ring (bicyclic) bond motifs is 1. The zero-order valence-electron chi connectivity index (χ0n) is 10.2. The van der Waals surface area contributed by atoms with E-state index in [2.05, 4.69) is 25.3 Å². The van der Waals surface area contributed by atoms with Crippen molar-refractivity contribution in [3.05, 3.63) is 46.6 Å². The van der Waals surface area contributed by atoms with Gasteiger partial charge in [0, 0.05) is 36.0 Å². The maximum Gasteiger partial charge on any atom is 0.251 e. The van der Waals surface area contributed by atoms with Crippen molar-refractivity contribution in [1.29, 1.82) is 0 Å². The number of nitrogens with zero attached hydrogens (tertiary/aromatic N) is 5. The summed E-state index contributed by atoms with van der Waals surface area (Å²) in [4.78, 5) is 22.8. The Bertz CT molecular complexity index is 635. The summed E-state index contributed by atoms with van der Waals surface area (Å²) in [6.07, 6.45) is 3.81. The number of benzene rings is 1. The fraction of sp³-hybridized carbons (Fsp3) is 0.250. The van der Waals surface area contributed by atoms with E-state index < -0.39 is 0 Å². The second-order valence-corrected chi connectivity index (χ2v) is 3.82. The molecule has 2 rings (SSSR count). The maximum absolute atomic E-state index is 11.9. The third-order valence-corrected chi connectivity index (χ3v) is 2.52. The molecule has 0 aliphatic carbocycles. The molecule has 96 valence electrons. The SMILES string of the molecule is [N-]=[N+]=NCCCNC(=O)c1ccc2nccnc2c1. The van der Waals surface area contributed by atoms with Crippen LogP contribution in [0.2, 0.25) is 0 Å². The van der Waals surface area contributed by atoms with E-state index in [-0.39, 0.29) is 5.91 Å². The molecule has 0 unspecified atom stereocenters. The molecule has 7 heteroatoms. The standard InChI is InChI=1S/C12H12N6O/c13-18-17-5-1-4-16-12(19)9-2-3-10-11(8-9)15-7-6-14-10/h2-3,6-8H,1,4-5H2,(H,16,19). The van der Waals surface area contributed by atoms with Crippen LogP contribution in [-0.2, 0) is 0 Å². The summed E-state index contributed by atoms with van der Waals surface area (Å²) >= 11 is 0. The average Bonchev–Trinajstić information content (AvgIpc) is 2.46. The number of amides is 1. The molecule has 0 spiro atoms. The lowest BCUT2D eigenvalue weighted by molar-refractivity contribution is 0.0953. The van der Waals surface area contributed by atoms with E-state index in [4.69, 9.17) is 5.53 Å². The minimum atomic E-state index is -0.173. The molecular formula is C12H12N6O. The molecule has 0 saturated heterocycles. The highest BCUT2D eigenvalue weighted by Gasteiger charge is 2.06. The highest BCUT2D eigenvalue weighted by molar-refractivity contribution is 5.97. The molecule has 0 aliphatic heterocycles. The van der Waals surface area contributed by atoms with Gasteiger partial charge in [0.2, 0.25) is 0 Å². The predicted octanol–water partition coefficient (Wildman–Crippen LogP) is 2.06. The summed E-state index contributed by atoms with van der Waals surface area (Å²) in [7, 11) is 0. The fourth-order valence-corrected chi connectivity index (χ4v) is 1.60. The molecule has 7 nitrogen and oxygen atoms in total. The lowest BCUT2D eigenvalue weighted by Gasteiger charge is -2.04. The lowest BCUT2D eigenvalue weighted by Crippen LogP contribution is -2.24. The Balaban J connectivity index is 1.99. The lowest BCUT2D eigenvalue weighted by atomic mass is 10.2. The van der Waals surface area contributed by atoms with E-state index in [9.17, 15) is 4.79 Å². The van der Waals surface area contributed by atoms with Gasteiger partial charge in [0.05, 0.1) is 11.0 Å². The molecule has 2 aromatic rings. The number of rotatable bonds is 5. The van der Waals surface area contributed by atoms with Gasteiger partial charge in [-0.15, -0.1) is 0 Å². The normalized spacial score (nSPS) is 9.89. The van der Waals surface area contributed by atoms with Crippen LogP contribution in [0.25, 0.3) is 21.5 Å². The van der Waals surface area contributed by atoms with Gasteiger partial charge in [-0.05, 0) is 30.2 Å². The van der Waals surface area contributed by atoms with Crippen LogP contribution in [0.3, 0.4) is 0 Å². The Hall–Kier alpha value is -2.66.